The van der Waals surface area contributed by atoms with Crippen LogP contribution in [0.4, 0.5) is 0 Å². The standard InChI is InChI=1S/C16H23N5O2/c1-9-12(7-13(22)21-6-4-5-11(17)8-21)10(2)18-15-14(9)16(23)19-20(15)3/h11H,4-8,17H2,1-3H3,(H,19,23). The fourth-order valence-corrected chi connectivity index (χ4v) is 3.41. The summed E-state index contributed by atoms with van der Waals surface area (Å²) in [6, 6.07) is 0.0625. The quantitative estimate of drug-likeness (QED) is 0.836. The molecule has 1 amide bonds. The number of amides is 1. The van der Waals surface area contributed by atoms with E-state index in [1.54, 1.807) is 11.7 Å². The van der Waals surface area contributed by atoms with Gasteiger partial charge in [-0.1, -0.05) is 0 Å². The lowest BCUT2D eigenvalue weighted by Gasteiger charge is -2.31. The molecule has 23 heavy (non-hydrogen) atoms. The van der Waals surface area contributed by atoms with Crippen molar-refractivity contribution in [2.75, 3.05) is 13.1 Å². The zero-order chi connectivity index (χ0) is 16.7. The molecule has 1 fully saturated rings. The van der Waals surface area contributed by atoms with E-state index in [-0.39, 0.29) is 23.9 Å². The van der Waals surface area contributed by atoms with Crippen LogP contribution in [0.25, 0.3) is 11.0 Å². The lowest BCUT2D eigenvalue weighted by molar-refractivity contribution is -0.131. The van der Waals surface area contributed by atoms with Crippen LogP contribution in [0, 0.1) is 13.8 Å². The fraction of sp³-hybridized carbons (Fsp3) is 0.562. The number of nitrogens with one attached hydrogen (secondary N) is 1. The number of carbonyl (C=O) groups excluding carboxylic acids is 1. The summed E-state index contributed by atoms with van der Waals surface area (Å²) in [6.45, 7) is 5.13. The van der Waals surface area contributed by atoms with E-state index >= 15 is 0 Å². The predicted octanol–water partition coefficient (Wildman–Crippen LogP) is 0.371. The first-order valence-corrected chi connectivity index (χ1v) is 7.96. The summed E-state index contributed by atoms with van der Waals surface area (Å²) in [6.07, 6.45) is 2.18. The van der Waals surface area contributed by atoms with Crippen LogP contribution in [0.3, 0.4) is 0 Å². The molecule has 2 aromatic heterocycles. The second-order valence-corrected chi connectivity index (χ2v) is 6.42. The lowest BCUT2D eigenvalue weighted by Crippen LogP contribution is -2.46. The van der Waals surface area contributed by atoms with Gasteiger partial charge < -0.3 is 10.6 Å². The second-order valence-electron chi connectivity index (χ2n) is 6.42. The Morgan fingerprint density at radius 2 is 2.17 bits per heavy atom. The normalized spacial score (nSPS) is 18.6. The molecule has 1 aliphatic rings. The van der Waals surface area contributed by atoms with E-state index in [2.05, 4.69) is 10.1 Å². The molecular weight excluding hydrogens is 294 g/mol. The predicted molar refractivity (Wildman–Crippen MR) is 88.3 cm³/mol. The van der Waals surface area contributed by atoms with Crippen molar-refractivity contribution in [1.29, 1.82) is 0 Å². The highest BCUT2D eigenvalue weighted by Crippen LogP contribution is 2.21. The molecule has 1 atom stereocenters. The number of piperidine rings is 1. The van der Waals surface area contributed by atoms with Gasteiger partial charge in [-0.3, -0.25) is 19.4 Å². The zero-order valence-electron chi connectivity index (χ0n) is 13.8. The first kappa shape index (κ1) is 15.7. The van der Waals surface area contributed by atoms with E-state index < -0.39 is 0 Å². The number of hydrogen-bond donors (Lipinski definition) is 2. The van der Waals surface area contributed by atoms with Gasteiger partial charge in [0, 0.05) is 31.9 Å². The van der Waals surface area contributed by atoms with Gasteiger partial charge >= 0.3 is 0 Å². The van der Waals surface area contributed by atoms with Gasteiger partial charge in [0.15, 0.2) is 5.65 Å². The molecule has 0 aliphatic carbocycles. The summed E-state index contributed by atoms with van der Waals surface area (Å²) >= 11 is 0. The molecule has 1 saturated heterocycles. The van der Waals surface area contributed by atoms with Crippen molar-refractivity contribution in [3.8, 4) is 0 Å². The zero-order valence-corrected chi connectivity index (χ0v) is 13.8. The van der Waals surface area contributed by atoms with E-state index in [4.69, 9.17) is 5.73 Å². The average molecular weight is 317 g/mol. The topological polar surface area (TPSA) is 97.0 Å². The molecule has 1 aliphatic heterocycles. The Bertz CT molecular complexity index is 820. The van der Waals surface area contributed by atoms with Crippen molar-refractivity contribution in [2.24, 2.45) is 12.8 Å². The number of likely N-dealkylation sites (tertiary alicyclic amines) is 1. The number of H-pyrrole nitrogens is 1. The van der Waals surface area contributed by atoms with E-state index in [0.29, 0.717) is 17.6 Å². The second kappa shape index (κ2) is 5.81. The lowest BCUT2D eigenvalue weighted by atomic mass is 10.00. The number of pyridine rings is 1. The summed E-state index contributed by atoms with van der Waals surface area (Å²) in [4.78, 5) is 31.0. The minimum Gasteiger partial charge on any atom is -0.341 e. The molecule has 0 radical (unpaired) electrons. The van der Waals surface area contributed by atoms with E-state index in [0.717, 1.165) is 36.2 Å². The molecule has 0 saturated carbocycles. The third kappa shape index (κ3) is 2.76. The molecular formula is C16H23N5O2. The van der Waals surface area contributed by atoms with Crippen LogP contribution in [0.2, 0.25) is 0 Å². The smallest absolute Gasteiger partial charge is 0.273 e. The van der Waals surface area contributed by atoms with Crippen molar-refractivity contribution < 1.29 is 4.79 Å². The Hall–Kier alpha value is -2.15. The van der Waals surface area contributed by atoms with Gasteiger partial charge in [-0.15, -0.1) is 0 Å². The SMILES string of the molecule is Cc1nc2c(c(C)c1CC(=O)N1CCCC(N)C1)c(=O)[nH]n2C. The van der Waals surface area contributed by atoms with Gasteiger partial charge in [-0.2, -0.15) is 0 Å². The summed E-state index contributed by atoms with van der Waals surface area (Å²) < 4.78 is 1.62. The van der Waals surface area contributed by atoms with Gasteiger partial charge in [-0.25, -0.2) is 4.98 Å². The fourth-order valence-electron chi connectivity index (χ4n) is 3.41. The monoisotopic (exact) mass is 317 g/mol. The third-order valence-corrected chi connectivity index (χ3v) is 4.71. The molecule has 3 heterocycles. The first-order chi connectivity index (χ1) is 10.9. The molecule has 7 nitrogen and oxygen atoms in total. The largest absolute Gasteiger partial charge is 0.341 e. The van der Waals surface area contributed by atoms with E-state index in [1.165, 1.54) is 0 Å². The molecule has 7 heteroatoms. The number of aryl methyl sites for hydroxylation is 3. The van der Waals surface area contributed by atoms with Crippen molar-refractivity contribution in [3.63, 3.8) is 0 Å². The number of carbonyl (C=O) groups is 1. The Balaban J connectivity index is 1.95. The van der Waals surface area contributed by atoms with Crippen LogP contribution in [-0.2, 0) is 18.3 Å². The highest BCUT2D eigenvalue weighted by atomic mass is 16.2. The summed E-state index contributed by atoms with van der Waals surface area (Å²) in [5.74, 6) is 0.0554. The summed E-state index contributed by atoms with van der Waals surface area (Å²) in [7, 11) is 1.76. The van der Waals surface area contributed by atoms with Crippen molar-refractivity contribution in [3.05, 3.63) is 27.2 Å². The molecule has 1 unspecified atom stereocenters. The number of nitrogens with zero attached hydrogens (tertiary/aromatic N) is 3. The molecule has 3 rings (SSSR count). The summed E-state index contributed by atoms with van der Waals surface area (Å²) in [5.41, 5.74) is 8.89. The van der Waals surface area contributed by atoms with Crippen LogP contribution in [-0.4, -0.2) is 44.7 Å². The highest BCUT2D eigenvalue weighted by Gasteiger charge is 2.23. The van der Waals surface area contributed by atoms with Gasteiger partial charge in [-0.05, 0) is 37.8 Å². The van der Waals surface area contributed by atoms with Crippen LogP contribution in [0.15, 0.2) is 4.79 Å². The maximum Gasteiger partial charge on any atom is 0.273 e. The van der Waals surface area contributed by atoms with E-state index in [9.17, 15) is 9.59 Å². The molecule has 0 aromatic carbocycles. The maximum absolute atomic E-state index is 12.6. The minimum atomic E-state index is -0.166. The number of aromatic nitrogens is 3. The van der Waals surface area contributed by atoms with Crippen LogP contribution in [0.5, 0.6) is 0 Å². The third-order valence-electron chi connectivity index (χ3n) is 4.71. The van der Waals surface area contributed by atoms with Gasteiger partial charge in [0.25, 0.3) is 5.56 Å². The number of aromatic amines is 1. The minimum absolute atomic E-state index is 0.0554. The van der Waals surface area contributed by atoms with Crippen LogP contribution >= 0.6 is 0 Å². The molecule has 2 aromatic rings. The number of rotatable bonds is 2. The number of nitrogens with two attached hydrogens (primary N) is 1. The van der Waals surface area contributed by atoms with Crippen molar-refractivity contribution >= 4 is 16.9 Å². The van der Waals surface area contributed by atoms with Crippen molar-refractivity contribution in [1.82, 2.24) is 19.7 Å². The van der Waals surface area contributed by atoms with Crippen molar-refractivity contribution in [2.45, 2.75) is 39.2 Å². The number of fused-ring (bicyclic) bond motifs is 1. The Morgan fingerprint density at radius 1 is 1.43 bits per heavy atom. The molecule has 3 N–H and O–H groups in total. The summed E-state index contributed by atoms with van der Waals surface area (Å²) in [5, 5.41) is 3.29. The first-order valence-electron chi connectivity index (χ1n) is 7.96. The Morgan fingerprint density at radius 3 is 2.87 bits per heavy atom. The van der Waals surface area contributed by atoms with Crippen LogP contribution < -0.4 is 11.3 Å². The van der Waals surface area contributed by atoms with E-state index in [1.807, 2.05) is 18.7 Å². The average Bonchev–Trinajstić information content (AvgIpc) is 2.77. The highest BCUT2D eigenvalue weighted by molar-refractivity contribution is 5.84. The van der Waals surface area contributed by atoms with Gasteiger partial charge in [0.2, 0.25) is 5.91 Å². The maximum atomic E-state index is 12.6. The molecule has 124 valence electrons. The molecule has 0 bridgehead atoms. The number of hydrogen-bond acceptors (Lipinski definition) is 4. The van der Waals surface area contributed by atoms with Crippen LogP contribution in [0.1, 0.15) is 29.7 Å². The molecule has 0 spiro atoms. The van der Waals surface area contributed by atoms with Gasteiger partial charge in [0.1, 0.15) is 0 Å². The Kier molecular flexibility index (Phi) is 3.97. The van der Waals surface area contributed by atoms with Gasteiger partial charge in [0.05, 0.1) is 11.8 Å². The Labute approximate surface area is 134 Å².